The van der Waals surface area contributed by atoms with Gasteiger partial charge in [-0.25, -0.2) is 0 Å². The Hall–Kier alpha value is -2.84. The number of aryl methyl sites for hydroxylation is 1. The SMILES string of the molecule is CCOc1ccccc1CCC(=O)N1CCN(Cc2ccc(C#N)cc2)CC1. The van der Waals surface area contributed by atoms with E-state index in [4.69, 9.17) is 10.00 Å². The molecular weight excluding hydrogens is 350 g/mol. The van der Waals surface area contributed by atoms with Gasteiger partial charge in [-0.15, -0.1) is 0 Å². The summed E-state index contributed by atoms with van der Waals surface area (Å²) in [5.41, 5.74) is 2.98. The third kappa shape index (κ3) is 5.34. The molecule has 28 heavy (non-hydrogen) atoms. The Kier molecular flexibility index (Phi) is 7.05. The molecule has 0 N–H and O–H groups in total. The van der Waals surface area contributed by atoms with Crippen molar-refractivity contribution < 1.29 is 9.53 Å². The van der Waals surface area contributed by atoms with Gasteiger partial charge >= 0.3 is 0 Å². The van der Waals surface area contributed by atoms with Crippen LogP contribution < -0.4 is 4.74 Å². The molecule has 5 nitrogen and oxygen atoms in total. The van der Waals surface area contributed by atoms with Crippen LogP contribution in [-0.2, 0) is 17.8 Å². The molecular formula is C23H27N3O2. The fraction of sp³-hybridized carbons (Fsp3) is 0.391. The minimum atomic E-state index is 0.212. The Labute approximate surface area is 167 Å². The second kappa shape index (κ2) is 9.91. The summed E-state index contributed by atoms with van der Waals surface area (Å²) in [4.78, 5) is 16.9. The van der Waals surface area contributed by atoms with Gasteiger partial charge in [0.05, 0.1) is 18.2 Å². The molecule has 0 radical (unpaired) electrons. The van der Waals surface area contributed by atoms with Crippen LogP contribution in [0.1, 0.15) is 30.0 Å². The summed E-state index contributed by atoms with van der Waals surface area (Å²) >= 11 is 0. The van der Waals surface area contributed by atoms with Crippen molar-refractivity contribution in [2.75, 3.05) is 32.8 Å². The van der Waals surface area contributed by atoms with E-state index in [2.05, 4.69) is 11.0 Å². The third-order valence-corrected chi connectivity index (χ3v) is 5.09. The maximum atomic E-state index is 12.6. The van der Waals surface area contributed by atoms with Crippen LogP contribution in [0.25, 0.3) is 0 Å². The van der Waals surface area contributed by atoms with E-state index in [0.29, 0.717) is 25.0 Å². The summed E-state index contributed by atoms with van der Waals surface area (Å²) < 4.78 is 5.65. The topological polar surface area (TPSA) is 56.6 Å². The van der Waals surface area contributed by atoms with Gasteiger partial charge in [0.1, 0.15) is 5.75 Å². The lowest BCUT2D eigenvalue weighted by atomic mass is 10.1. The first-order valence-electron chi connectivity index (χ1n) is 9.89. The Morgan fingerprint density at radius 2 is 1.79 bits per heavy atom. The molecule has 1 aliphatic rings. The molecule has 5 heteroatoms. The number of benzene rings is 2. The largest absolute Gasteiger partial charge is 0.494 e. The van der Waals surface area contributed by atoms with Crippen molar-refractivity contribution >= 4 is 5.91 Å². The fourth-order valence-corrected chi connectivity index (χ4v) is 3.50. The minimum Gasteiger partial charge on any atom is -0.494 e. The van der Waals surface area contributed by atoms with Crippen LogP contribution in [0.2, 0.25) is 0 Å². The van der Waals surface area contributed by atoms with E-state index >= 15 is 0 Å². The molecule has 1 aliphatic heterocycles. The maximum absolute atomic E-state index is 12.6. The number of piperazine rings is 1. The number of carbonyl (C=O) groups excluding carboxylic acids is 1. The maximum Gasteiger partial charge on any atom is 0.222 e. The highest BCUT2D eigenvalue weighted by Crippen LogP contribution is 2.20. The van der Waals surface area contributed by atoms with E-state index in [0.717, 1.165) is 44.0 Å². The second-order valence-electron chi connectivity index (χ2n) is 7.01. The van der Waals surface area contributed by atoms with Crippen LogP contribution in [0.5, 0.6) is 5.75 Å². The highest BCUT2D eigenvalue weighted by atomic mass is 16.5. The van der Waals surface area contributed by atoms with Crippen molar-refractivity contribution in [2.24, 2.45) is 0 Å². The summed E-state index contributed by atoms with van der Waals surface area (Å²) in [5, 5.41) is 8.88. The number of rotatable bonds is 7. The minimum absolute atomic E-state index is 0.212. The molecule has 1 heterocycles. The first-order valence-corrected chi connectivity index (χ1v) is 9.89. The van der Waals surface area contributed by atoms with Crippen LogP contribution in [0.15, 0.2) is 48.5 Å². The first-order chi connectivity index (χ1) is 13.7. The second-order valence-corrected chi connectivity index (χ2v) is 7.01. The number of hydrogen-bond acceptors (Lipinski definition) is 4. The van der Waals surface area contributed by atoms with Crippen molar-refractivity contribution in [3.8, 4) is 11.8 Å². The van der Waals surface area contributed by atoms with E-state index in [1.807, 2.05) is 60.4 Å². The van der Waals surface area contributed by atoms with Crippen molar-refractivity contribution in [2.45, 2.75) is 26.3 Å². The smallest absolute Gasteiger partial charge is 0.222 e. The van der Waals surface area contributed by atoms with Gasteiger partial charge in [-0.05, 0) is 42.7 Å². The monoisotopic (exact) mass is 377 g/mol. The molecule has 1 fully saturated rings. The predicted molar refractivity (Wildman–Crippen MR) is 109 cm³/mol. The van der Waals surface area contributed by atoms with Gasteiger partial charge < -0.3 is 9.64 Å². The molecule has 0 atom stereocenters. The quantitative estimate of drug-likeness (QED) is 0.743. The number of carbonyl (C=O) groups is 1. The molecule has 1 saturated heterocycles. The molecule has 2 aromatic rings. The number of nitriles is 1. The number of amides is 1. The summed E-state index contributed by atoms with van der Waals surface area (Å²) in [6.07, 6.45) is 1.22. The zero-order valence-corrected chi connectivity index (χ0v) is 16.4. The summed E-state index contributed by atoms with van der Waals surface area (Å²) in [5.74, 6) is 1.09. The van der Waals surface area contributed by atoms with E-state index in [-0.39, 0.29) is 5.91 Å². The van der Waals surface area contributed by atoms with Gasteiger partial charge in [-0.2, -0.15) is 5.26 Å². The molecule has 2 aromatic carbocycles. The van der Waals surface area contributed by atoms with Crippen LogP contribution in [0.3, 0.4) is 0 Å². The van der Waals surface area contributed by atoms with Crippen molar-refractivity contribution in [1.82, 2.24) is 9.80 Å². The van der Waals surface area contributed by atoms with Crippen LogP contribution in [0.4, 0.5) is 0 Å². The van der Waals surface area contributed by atoms with Gasteiger partial charge in [0.25, 0.3) is 0 Å². The van der Waals surface area contributed by atoms with E-state index < -0.39 is 0 Å². The number of nitrogens with zero attached hydrogens (tertiary/aromatic N) is 3. The third-order valence-electron chi connectivity index (χ3n) is 5.09. The molecule has 146 valence electrons. The van der Waals surface area contributed by atoms with Gasteiger partial charge in [-0.3, -0.25) is 9.69 Å². The van der Waals surface area contributed by atoms with E-state index in [9.17, 15) is 4.79 Å². The summed E-state index contributed by atoms with van der Waals surface area (Å²) in [7, 11) is 0. The Morgan fingerprint density at radius 3 is 2.46 bits per heavy atom. The van der Waals surface area contributed by atoms with Crippen LogP contribution in [-0.4, -0.2) is 48.5 Å². The molecule has 0 bridgehead atoms. The lowest BCUT2D eigenvalue weighted by Gasteiger charge is -2.35. The van der Waals surface area contributed by atoms with Gasteiger partial charge in [0, 0.05) is 39.1 Å². The van der Waals surface area contributed by atoms with Crippen molar-refractivity contribution in [1.29, 1.82) is 5.26 Å². The van der Waals surface area contributed by atoms with E-state index in [1.54, 1.807) is 0 Å². The zero-order valence-electron chi connectivity index (χ0n) is 16.4. The van der Waals surface area contributed by atoms with Gasteiger partial charge in [-0.1, -0.05) is 30.3 Å². The number of para-hydroxylation sites is 1. The zero-order chi connectivity index (χ0) is 19.8. The predicted octanol–water partition coefficient (Wildman–Crippen LogP) is 3.23. The number of hydrogen-bond donors (Lipinski definition) is 0. The van der Waals surface area contributed by atoms with Crippen molar-refractivity contribution in [3.05, 3.63) is 65.2 Å². The lowest BCUT2D eigenvalue weighted by Crippen LogP contribution is -2.48. The normalized spacial score (nSPS) is 14.5. The van der Waals surface area contributed by atoms with Crippen LogP contribution >= 0.6 is 0 Å². The molecule has 3 rings (SSSR count). The lowest BCUT2D eigenvalue weighted by molar-refractivity contribution is -0.133. The van der Waals surface area contributed by atoms with Gasteiger partial charge in [0.2, 0.25) is 5.91 Å². The summed E-state index contributed by atoms with van der Waals surface area (Å²) in [6, 6.07) is 17.8. The molecule has 0 aromatic heterocycles. The molecule has 1 amide bonds. The van der Waals surface area contributed by atoms with E-state index in [1.165, 1.54) is 5.56 Å². The Balaban J connectivity index is 1.45. The molecule has 0 unspecified atom stereocenters. The van der Waals surface area contributed by atoms with Crippen molar-refractivity contribution in [3.63, 3.8) is 0 Å². The first kappa shape index (κ1) is 19.9. The molecule has 0 aliphatic carbocycles. The standard InChI is InChI=1S/C23H27N3O2/c1-2-28-22-6-4-3-5-21(22)11-12-23(27)26-15-13-25(14-16-26)18-20-9-7-19(17-24)8-10-20/h3-10H,2,11-16,18H2,1H3. The Morgan fingerprint density at radius 1 is 1.07 bits per heavy atom. The highest BCUT2D eigenvalue weighted by molar-refractivity contribution is 5.76. The average molecular weight is 377 g/mol. The fourth-order valence-electron chi connectivity index (χ4n) is 3.50. The molecule has 0 saturated carbocycles. The summed E-state index contributed by atoms with van der Waals surface area (Å²) in [6.45, 7) is 6.74. The number of ether oxygens (including phenoxy) is 1. The average Bonchev–Trinajstić information content (AvgIpc) is 2.74. The molecule has 0 spiro atoms. The Bertz CT molecular complexity index is 818. The van der Waals surface area contributed by atoms with Crippen LogP contribution in [0, 0.1) is 11.3 Å². The highest BCUT2D eigenvalue weighted by Gasteiger charge is 2.21. The van der Waals surface area contributed by atoms with Gasteiger partial charge in [0.15, 0.2) is 0 Å².